The zero-order chi connectivity index (χ0) is 18.2. The summed E-state index contributed by atoms with van der Waals surface area (Å²) in [5.74, 6) is -2.51. The number of halogens is 1. The zero-order valence-electron chi connectivity index (χ0n) is 12.7. The molecule has 2 rings (SSSR count). The van der Waals surface area contributed by atoms with Crippen molar-refractivity contribution in [3.8, 4) is 0 Å². The Kier molecular flexibility index (Phi) is 7.90. The molecule has 1 heterocycles. The predicted molar refractivity (Wildman–Crippen MR) is 88.9 cm³/mol. The lowest BCUT2D eigenvalue weighted by atomic mass is 10.2. The quantitative estimate of drug-likeness (QED) is 0.683. The molecule has 3 N–H and O–H groups in total. The van der Waals surface area contributed by atoms with Crippen molar-refractivity contribution in [2.75, 3.05) is 13.1 Å². The molecule has 1 atom stereocenters. The van der Waals surface area contributed by atoms with E-state index in [2.05, 4.69) is 5.32 Å². The van der Waals surface area contributed by atoms with E-state index in [1.165, 1.54) is 0 Å². The minimum atomic E-state index is -3.20. The fourth-order valence-corrected chi connectivity index (χ4v) is 3.88. The maximum absolute atomic E-state index is 12.2. The van der Waals surface area contributed by atoms with Crippen molar-refractivity contribution in [2.24, 2.45) is 0 Å². The highest BCUT2D eigenvalue weighted by molar-refractivity contribution is 7.92. The molecule has 1 unspecified atom stereocenters. The van der Waals surface area contributed by atoms with Crippen molar-refractivity contribution in [3.63, 3.8) is 0 Å². The Labute approximate surface area is 144 Å². The van der Waals surface area contributed by atoms with Gasteiger partial charge in [-0.1, -0.05) is 11.6 Å². The third-order valence-electron chi connectivity index (χ3n) is 3.20. The van der Waals surface area contributed by atoms with Crippen LogP contribution in [0.25, 0.3) is 0 Å². The Morgan fingerprint density at radius 2 is 1.67 bits per heavy atom. The van der Waals surface area contributed by atoms with Gasteiger partial charge < -0.3 is 15.5 Å². The van der Waals surface area contributed by atoms with E-state index in [0.717, 1.165) is 19.4 Å². The minimum absolute atomic E-state index is 0.303. The molecular weight excluding hydrogens is 358 g/mol. The van der Waals surface area contributed by atoms with Gasteiger partial charge in [-0.05, 0) is 43.7 Å². The average molecular weight is 376 g/mol. The van der Waals surface area contributed by atoms with E-state index in [0.29, 0.717) is 28.6 Å². The number of rotatable bonds is 4. The number of hydrogen-bond donors (Lipinski definition) is 3. The van der Waals surface area contributed by atoms with Crippen LogP contribution in [0.1, 0.15) is 12.8 Å². The van der Waals surface area contributed by atoms with Crippen molar-refractivity contribution in [3.05, 3.63) is 41.4 Å². The second kappa shape index (κ2) is 9.41. The van der Waals surface area contributed by atoms with Gasteiger partial charge in [0, 0.05) is 23.7 Å². The zero-order valence-corrected chi connectivity index (χ0v) is 14.3. The molecule has 0 saturated carbocycles. The van der Waals surface area contributed by atoms with Crippen LogP contribution in [0.2, 0.25) is 5.02 Å². The molecule has 9 heteroatoms. The standard InChI is InChI=1S/C11H14ClNO2S.C4H4O4/c12-9-3-5-10(6-4-9)16(14,15)11-2-1-7-13-8-11;5-3(6)1-2-4(7)8/h3-6,11,13H,1-2,7-8H2;1-2H,(H,5,6)(H,7,8). The third-order valence-corrected chi connectivity index (χ3v) is 5.66. The Morgan fingerprint density at radius 3 is 2.08 bits per heavy atom. The fraction of sp³-hybridized carbons (Fsp3) is 0.333. The lowest BCUT2D eigenvalue weighted by Gasteiger charge is -2.22. The molecule has 0 amide bonds. The number of carboxylic acids is 2. The summed E-state index contributed by atoms with van der Waals surface area (Å²) in [6.07, 6.45) is 2.76. The molecule has 1 fully saturated rings. The van der Waals surface area contributed by atoms with Gasteiger partial charge in [0.05, 0.1) is 10.1 Å². The summed E-state index contributed by atoms with van der Waals surface area (Å²) in [5, 5.41) is 19.0. The normalized spacial score (nSPS) is 17.8. The van der Waals surface area contributed by atoms with Crippen molar-refractivity contribution in [2.45, 2.75) is 23.0 Å². The summed E-state index contributed by atoms with van der Waals surface area (Å²) in [6, 6.07) is 6.38. The molecule has 1 saturated heterocycles. The summed E-state index contributed by atoms with van der Waals surface area (Å²) in [4.78, 5) is 19.5. The van der Waals surface area contributed by atoms with Crippen LogP contribution in [-0.2, 0) is 19.4 Å². The number of carboxylic acid groups (broad SMARTS) is 2. The van der Waals surface area contributed by atoms with E-state index in [-0.39, 0.29) is 5.25 Å². The molecule has 1 aliphatic rings. The third kappa shape index (κ3) is 6.69. The highest BCUT2D eigenvalue weighted by Crippen LogP contribution is 2.22. The van der Waals surface area contributed by atoms with Crippen LogP contribution in [-0.4, -0.2) is 48.9 Å². The van der Waals surface area contributed by atoms with Gasteiger partial charge in [-0.15, -0.1) is 0 Å². The van der Waals surface area contributed by atoms with Crippen LogP contribution in [0.5, 0.6) is 0 Å². The van der Waals surface area contributed by atoms with E-state index in [4.69, 9.17) is 21.8 Å². The van der Waals surface area contributed by atoms with Crippen LogP contribution < -0.4 is 5.32 Å². The van der Waals surface area contributed by atoms with Crippen LogP contribution in [0.3, 0.4) is 0 Å². The van der Waals surface area contributed by atoms with Crippen LogP contribution in [0.15, 0.2) is 41.3 Å². The van der Waals surface area contributed by atoms with Crippen molar-refractivity contribution < 1.29 is 28.2 Å². The SMILES string of the molecule is O=C(O)C=CC(=O)O.O=S(=O)(c1ccc(Cl)cc1)C1CCCNC1. The van der Waals surface area contributed by atoms with Gasteiger partial charge in [-0.25, -0.2) is 18.0 Å². The average Bonchev–Trinajstić information content (AvgIpc) is 2.55. The molecule has 7 nitrogen and oxygen atoms in total. The number of benzene rings is 1. The number of piperidine rings is 1. The lowest BCUT2D eigenvalue weighted by molar-refractivity contribution is -0.134. The molecule has 132 valence electrons. The molecule has 0 bridgehead atoms. The van der Waals surface area contributed by atoms with Crippen molar-refractivity contribution in [1.82, 2.24) is 5.32 Å². The first-order valence-electron chi connectivity index (χ1n) is 7.07. The van der Waals surface area contributed by atoms with Crippen LogP contribution in [0.4, 0.5) is 0 Å². The van der Waals surface area contributed by atoms with E-state index < -0.39 is 21.8 Å². The molecular formula is C15H18ClNO6S. The molecule has 1 aromatic rings. The van der Waals surface area contributed by atoms with Crippen molar-refractivity contribution in [1.29, 1.82) is 0 Å². The predicted octanol–water partition coefficient (Wildman–Crippen LogP) is 1.58. The number of aliphatic carboxylic acids is 2. The molecule has 0 spiro atoms. The second-order valence-corrected chi connectivity index (χ2v) is 7.64. The van der Waals surface area contributed by atoms with Crippen LogP contribution in [0, 0.1) is 0 Å². The smallest absolute Gasteiger partial charge is 0.328 e. The Balaban J connectivity index is 0.000000307. The first kappa shape index (κ1) is 20.1. The van der Waals surface area contributed by atoms with Crippen molar-refractivity contribution >= 4 is 33.4 Å². The molecule has 1 aliphatic heterocycles. The fourth-order valence-electron chi connectivity index (χ4n) is 2.04. The van der Waals surface area contributed by atoms with Gasteiger partial charge >= 0.3 is 11.9 Å². The second-order valence-electron chi connectivity index (χ2n) is 4.98. The summed E-state index contributed by atoms with van der Waals surface area (Å²) in [7, 11) is -3.20. The summed E-state index contributed by atoms with van der Waals surface area (Å²) >= 11 is 5.74. The number of nitrogens with one attached hydrogen (secondary N) is 1. The van der Waals surface area contributed by atoms with Gasteiger partial charge in [0.2, 0.25) is 0 Å². The van der Waals surface area contributed by atoms with E-state index in [9.17, 15) is 18.0 Å². The molecule has 0 radical (unpaired) electrons. The maximum Gasteiger partial charge on any atom is 0.328 e. The first-order valence-corrected chi connectivity index (χ1v) is 9.00. The molecule has 0 aromatic heterocycles. The summed E-state index contributed by atoms with van der Waals surface area (Å²) < 4.78 is 24.4. The highest BCUT2D eigenvalue weighted by atomic mass is 35.5. The minimum Gasteiger partial charge on any atom is -0.478 e. The topological polar surface area (TPSA) is 121 Å². The summed E-state index contributed by atoms with van der Waals surface area (Å²) in [5.41, 5.74) is 0. The van der Waals surface area contributed by atoms with Crippen LogP contribution >= 0.6 is 11.6 Å². The highest BCUT2D eigenvalue weighted by Gasteiger charge is 2.28. The summed E-state index contributed by atoms with van der Waals surface area (Å²) in [6.45, 7) is 1.46. The Hall–Kier alpha value is -1.90. The maximum atomic E-state index is 12.2. The van der Waals surface area contributed by atoms with Gasteiger partial charge in [-0.2, -0.15) is 0 Å². The van der Waals surface area contributed by atoms with Gasteiger partial charge in [-0.3, -0.25) is 0 Å². The van der Waals surface area contributed by atoms with E-state index in [1.54, 1.807) is 24.3 Å². The molecule has 0 aliphatic carbocycles. The van der Waals surface area contributed by atoms with E-state index >= 15 is 0 Å². The van der Waals surface area contributed by atoms with Gasteiger partial charge in [0.1, 0.15) is 0 Å². The first-order chi connectivity index (χ1) is 11.2. The monoisotopic (exact) mass is 375 g/mol. The van der Waals surface area contributed by atoms with Gasteiger partial charge in [0.15, 0.2) is 9.84 Å². The Morgan fingerprint density at radius 1 is 1.12 bits per heavy atom. The lowest BCUT2D eigenvalue weighted by Crippen LogP contribution is -2.38. The number of hydrogen-bond acceptors (Lipinski definition) is 5. The molecule has 1 aromatic carbocycles. The van der Waals surface area contributed by atoms with Gasteiger partial charge in [0.25, 0.3) is 0 Å². The van der Waals surface area contributed by atoms with E-state index in [1.807, 2.05) is 0 Å². The number of sulfone groups is 1. The largest absolute Gasteiger partial charge is 0.478 e. The Bertz CT molecular complexity index is 677. The molecule has 24 heavy (non-hydrogen) atoms. The number of carbonyl (C=O) groups is 2.